The Bertz CT molecular complexity index is 1900. The van der Waals surface area contributed by atoms with E-state index in [4.69, 9.17) is 14.2 Å². The Kier molecular flexibility index (Phi) is 30.3. The monoisotopic (exact) mass is 1020 g/mol. The molecule has 0 unspecified atom stereocenters. The largest absolute Gasteiger partial charge is 0.492 e. The third-order valence-corrected chi connectivity index (χ3v) is 15.0. The van der Waals surface area contributed by atoms with Gasteiger partial charge in [0.1, 0.15) is 37.1 Å². The lowest BCUT2D eigenvalue weighted by molar-refractivity contribution is -0.132. The molecule has 0 radical (unpaired) electrons. The van der Waals surface area contributed by atoms with Crippen LogP contribution in [-0.4, -0.2) is 116 Å². The van der Waals surface area contributed by atoms with Crippen LogP contribution >= 0.6 is 0 Å². The van der Waals surface area contributed by atoms with Gasteiger partial charge in [-0.1, -0.05) is 185 Å². The van der Waals surface area contributed by atoms with E-state index in [1.807, 2.05) is 65.6 Å². The van der Waals surface area contributed by atoms with Crippen molar-refractivity contribution in [3.05, 3.63) is 83.9 Å². The highest BCUT2D eigenvalue weighted by Crippen LogP contribution is 2.30. The van der Waals surface area contributed by atoms with Crippen LogP contribution in [0.2, 0.25) is 0 Å². The molecule has 0 saturated heterocycles. The van der Waals surface area contributed by atoms with E-state index in [1.165, 1.54) is 77.0 Å². The third kappa shape index (κ3) is 23.1. The summed E-state index contributed by atoms with van der Waals surface area (Å²) in [5.41, 5.74) is 2.81. The first-order valence-electron chi connectivity index (χ1n) is 29.8. The van der Waals surface area contributed by atoms with E-state index in [2.05, 4.69) is 52.5 Å². The van der Waals surface area contributed by atoms with Crippen LogP contribution in [0.5, 0.6) is 17.2 Å². The van der Waals surface area contributed by atoms with Crippen LogP contribution in [0, 0.1) is 0 Å². The van der Waals surface area contributed by atoms with E-state index in [0.29, 0.717) is 117 Å². The van der Waals surface area contributed by atoms with Crippen molar-refractivity contribution in [3.8, 4) is 17.2 Å². The number of carbonyl (C=O) groups is 3. The molecule has 412 valence electrons. The summed E-state index contributed by atoms with van der Waals surface area (Å²) in [7, 11) is 0. The maximum Gasteiger partial charge on any atom is 0.227 e. The van der Waals surface area contributed by atoms with Crippen molar-refractivity contribution in [2.24, 2.45) is 0 Å². The van der Waals surface area contributed by atoms with Gasteiger partial charge in [0.25, 0.3) is 0 Å². The quantitative estimate of drug-likeness (QED) is 0.0819. The Labute approximate surface area is 449 Å². The van der Waals surface area contributed by atoms with Crippen molar-refractivity contribution in [2.45, 2.75) is 194 Å². The first-order chi connectivity index (χ1) is 36.4. The van der Waals surface area contributed by atoms with E-state index >= 15 is 0 Å². The topological polar surface area (TPSA) is 95.1 Å². The number of amides is 3. The Morgan fingerprint density at radius 1 is 0.378 bits per heavy atom. The summed E-state index contributed by atoms with van der Waals surface area (Å²) in [4.78, 5) is 54.2. The Morgan fingerprint density at radius 3 is 1.20 bits per heavy atom. The molecule has 74 heavy (non-hydrogen) atoms. The minimum atomic E-state index is 0.128. The van der Waals surface area contributed by atoms with E-state index in [9.17, 15) is 14.4 Å². The second kappa shape index (κ2) is 37.2. The van der Waals surface area contributed by atoms with Crippen molar-refractivity contribution >= 4 is 23.4 Å². The van der Waals surface area contributed by atoms with Crippen LogP contribution in [0.15, 0.2) is 72.8 Å². The minimum absolute atomic E-state index is 0.128. The second-order valence-corrected chi connectivity index (χ2v) is 21.1. The molecule has 11 heteroatoms. The van der Waals surface area contributed by atoms with Gasteiger partial charge in [-0.15, -0.1) is 0 Å². The van der Waals surface area contributed by atoms with Gasteiger partial charge in [-0.3, -0.25) is 24.2 Å². The van der Waals surface area contributed by atoms with Gasteiger partial charge in [-0.25, -0.2) is 0 Å². The van der Waals surface area contributed by atoms with E-state index in [0.717, 1.165) is 92.5 Å². The van der Waals surface area contributed by atoms with Crippen LogP contribution in [-0.2, 0) is 27.5 Å². The first-order valence-corrected chi connectivity index (χ1v) is 29.8. The Hall–Kier alpha value is -4.61. The Balaban J connectivity index is 1.48. The minimum Gasteiger partial charge on any atom is -0.492 e. The van der Waals surface area contributed by atoms with Gasteiger partial charge in [0.2, 0.25) is 17.7 Å². The normalized spacial score (nSPS) is 17.5. The number of para-hydroxylation sites is 4. The van der Waals surface area contributed by atoms with Gasteiger partial charge < -0.3 is 28.9 Å². The standard InChI is InChI=1S/C63H99N5O6/c1-4-7-10-13-16-19-22-38-61(69)66-45-43-64-41-31-42-68(63(71)40-24-21-18-15-12-9-6-3)57-34-27-30-37-60(57)74-52-49-65(47-50-72-58-35-28-25-32-55(58)53-66)48-51-73-59-36-29-26-33-56(59)54-67(46-44-64)62(70)39-23-20-17-14-11-8-5-2/h25-30,32-37H,4-24,31,38-54H2,1-3H3. The highest BCUT2D eigenvalue weighted by molar-refractivity contribution is 5.94. The molecule has 0 aliphatic carbocycles. The average Bonchev–Trinajstić information content (AvgIpc) is 3.41. The maximum absolute atomic E-state index is 14.5. The number of benzene rings is 3. The van der Waals surface area contributed by atoms with E-state index in [-0.39, 0.29) is 17.7 Å². The molecule has 0 aromatic heterocycles. The Morgan fingerprint density at radius 2 is 0.743 bits per heavy atom. The molecule has 3 aromatic rings. The predicted octanol–water partition coefficient (Wildman–Crippen LogP) is 13.7. The fourth-order valence-electron chi connectivity index (χ4n) is 10.4. The lowest BCUT2D eigenvalue weighted by Gasteiger charge is -2.32. The molecule has 3 amide bonds. The molecular weight excluding hydrogens is 923 g/mol. The number of rotatable bonds is 24. The summed E-state index contributed by atoms with van der Waals surface area (Å²) in [6.45, 7) is 14.4. The number of fused-ring (bicyclic) bond motifs is 15. The van der Waals surface area contributed by atoms with E-state index < -0.39 is 0 Å². The van der Waals surface area contributed by atoms with Gasteiger partial charge in [0.05, 0.1) is 5.69 Å². The summed E-state index contributed by atoms with van der Waals surface area (Å²) < 4.78 is 19.9. The molecule has 3 aromatic carbocycles. The van der Waals surface area contributed by atoms with Gasteiger partial charge in [-0.2, -0.15) is 0 Å². The summed E-state index contributed by atoms with van der Waals surface area (Å²) in [5.74, 6) is 2.78. The van der Waals surface area contributed by atoms with Crippen LogP contribution in [0.25, 0.3) is 0 Å². The third-order valence-electron chi connectivity index (χ3n) is 15.0. The fourth-order valence-corrected chi connectivity index (χ4v) is 10.4. The van der Waals surface area contributed by atoms with E-state index in [1.54, 1.807) is 0 Å². The number of ether oxygens (including phenoxy) is 3. The zero-order valence-corrected chi connectivity index (χ0v) is 46.7. The van der Waals surface area contributed by atoms with Crippen molar-refractivity contribution in [1.82, 2.24) is 19.6 Å². The lowest BCUT2D eigenvalue weighted by Crippen LogP contribution is -2.43. The summed E-state index contributed by atoms with van der Waals surface area (Å²) in [5, 5.41) is 0. The molecule has 3 heterocycles. The van der Waals surface area contributed by atoms with Gasteiger partial charge >= 0.3 is 0 Å². The SMILES string of the molecule is CCCCCCCCCC(=O)N1CCN2CCCN(C(=O)CCCCCCCCC)c3ccccc3OCCN(CCOc3ccccc3C1)CCOc1ccccc1CN(C(=O)CCCCCCCCC)CC2. The van der Waals surface area contributed by atoms with Crippen molar-refractivity contribution in [1.29, 1.82) is 0 Å². The number of hydrogen-bond acceptors (Lipinski definition) is 8. The van der Waals surface area contributed by atoms with Crippen molar-refractivity contribution in [3.63, 3.8) is 0 Å². The number of nitrogens with zero attached hydrogens (tertiary/aromatic N) is 5. The number of hydrogen-bond donors (Lipinski definition) is 0. The van der Waals surface area contributed by atoms with Gasteiger partial charge in [-0.05, 0) is 56.5 Å². The molecular formula is C63H99N5O6. The number of unbranched alkanes of at least 4 members (excludes halogenated alkanes) is 18. The molecule has 0 atom stereocenters. The molecule has 11 nitrogen and oxygen atoms in total. The smallest absolute Gasteiger partial charge is 0.227 e. The fraction of sp³-hybridized carbons (Fsp3) is 0.667. The maximum atomic E-state index is 14.5. The second-order valence-electron chi connectivity index (χ2n) is 21.1. The van der Waals surface area contributed by atoms with Gasteiger partial charge in [0.15, 0.2) is 0 Å². The van der Waals surface area contributed by atoms with Crippen LogP contribution in [0.4, 0.5) is 5.69 Å². The molecule has 0 spiro atoms. The van der Waals surface area contributed by atoms with Crippen LogP contribution in [0.3, 0.4) is 0 Å². The molecule has 3 aliphatic heterocycles. The van der Waals surface area contributed by atoms with Crippen molar-refractivity contribution in [2.75, 3.05) is 83.6 Å². The number of carbonyl (C=O) groups excluding carboxylic acids is 3. The molecule has 6 rings (SSSR count). The highest BCUT2D eigenvalue weighted by atomic mass is 16.5. The molecule has 0 fully saturated rings. The average molecular weight is 1020 g/mol. The molecule has 3 aliphatic rings. The molecule has 0 saturated carbocycles. The first kappa shape index (κ1) is 60.3. The summed E-state index contributed by atoms with van der Waals surface area (Å²) in [6, 6.07) is 24.4. The number of anilines is 1. The van der Waals surface area contributed by atoms with Gasteiger partial charge in [0, 0.05) is 95.8 Å². The predicted molar refractivity (Wildman–Crippen MR) is 304 cm³/mol. The van der Waals surface area contributed by atoms with Crippen molar-refractivity contribution < 1.29 is 28.6 Å². The van der Waals surface area contributed by atoms with Crippen LogP contribution < -0.4 is 19.1 Å². The highest BCUT2D eigenvalue weighted by Gasteiger charge is 2.24. The molecule has 0 N–H and O–H groups in total. The zero-order valence-electron chi connectivity index (χ0n) is 46.7. The summed E-state index contributed by atoms with van der Waals surface area (Å²) >= 11 is 0. The van der Waals surface area contributed by atoms with Crippen LogP contribution in [0.1, 0.15) is 192 Å². The lowest BCUT2D eigenvalue weighted by atomic mass is 10.1. The zero-order chi connectivity index (χ0) is 52.3. The molecule has 2 bridgehead atoms. The summed E-state index contributed by atoms with van der Waals surface area (Å²) in [6.07, 6.45) is 26.5.